The van der Waals surface area contributed by atoms with Crippen LogP contribution in [-0.2, 0) is 9.57 Å². The van der Waals surface area contributed by atoms with Crippen molar-refractivity contribution in [3.05, 3.63) is 0 Å². The van der Waals surface area contributed by atoms with E-state index in [-0.39, 0.29) is 6.10 Å². The van der Waals surface area contributed by atoms with E-state index in [9.17, 15) is 4.79 Å². The van der Waals surface area contributed by atoms with Crippen molar-refractivity contribution in [2.75, 3.05) is 13.1 Å². The van der Waals surface area contributed by atoms with Crippen LogP contribution >= 0.6 is 0 Å². The molecule has 1 aliphatic rings. The predicted molar refractivity (Wildman–Crippen MR) is 113 cm³/mol. The van der Waals surface area contributed by atoms with Gasteiger partial charge >= 0.3 is 6.16 Å². The molecule has 1 aliphatic heterocycles. The van der Waals surface area contributed by atoms with Crippen LogP contribution in [-0.4, -0.2) is 30.4 Å². The van der Waals surface area contributed by atoms with E-state index in [0.717, 1.165) is 38.8 Å². The highest BCUT2D eigenvalue weighted by Crippen LogP contribution is 2.15. The topological polar surface area (TPSA) is 38.8 Å². The van der Waals surface area contributed by atoms with E-state index in [0.29, 0.717) is 0 Å². The molecular weight excluding hydrogens is 338 g/mol. The smallest absolute Gasteiger partial charge is 0.430 e. The Hall–Kier alpha value is -0.770. The first kappa shape index (κ1) is 24.3. The Morgan fingerprint density at radius 3 is 1.78 bits per heavy atom. The van der Waals surface area contributed by atoms with E-state index in [4.69, 9.17) is 9.57 Å². The molecule has 0 aliphatic carbocycles. The van der Waals surface area contributed by atoms with E-state index in [1.54, 1.807) is 5.06 Å². The summed E-state index contributed by atoms with van der Waals surface area (Å²) in [5.74, 6) is 0. The minimum Gasteiger partial charge on any atom is -0.430 e. The molecule has 1 unspecified atom stereocenters. The number of piperidine rings is 1. The number of hydrogen-bond donors (Lipinski definition) is 0. The first-order valence-corrected chi connectivity index (χ1v) is 11.9. The monoisotopic (exact) mass is 383 g/mol. The van der Waals surface area contributed by atoms with Crippen LogP contribution in [0.25, 0.3) is 0 Å². The van der Waals surface area contributed by atoms with Gasteiger partial charge in [0.25, 0.3) is 0 Å². The van der Waals surface area contributed by atoms with Crippen molar-refractivity contribution in [2.45, 2.75) is 129 Å². The zero-order valence-electron chi connectivity index (χ0n) is 18.2. The van der Waals surface area contributed by atoms with Gasteiger partial charge in [-0.1, -0.05) is 90.4 Å². The summed E-state index contributed by atoms with van der Waals surface area (Å²) in [6, 6.07) is 0. The van der Waals surface area contributed by atoms with Gasteiger partial charge < -0.3 is 9.57 Å². The standard InChI is InChI=1S/C23H45NO3/c1-3-4-5-6-7-8-9-10-11-12-13-14-16-19-22(2)26-23(25)27-24-20-17-15-18-21-24/h22H,3-21H2,1-2H3. The Kier molecular flexibility index (Phi) is 15.6. The van der Waals surface area contributed by atoms with Gasteiger partial charge in [0.15, 0.2) is 0 Å². The second kappa shape index (κ2) is 17.3. The fourth-order valence-electron chi connectivity index (χ4n) is 3.76. The lowest BCUT2D eigenvalue weighted by Gasteiger charge is -2.25. The second-order valence-electron chi connectivity index (χ2n) is 8.29. The van der Waals surface area contributed by atoms with Gasteiger partial charge in [0, 0.05) is 13.1 Å². The highest BCUT2D eigenvalue weighted by molar-refractivity contribution is 5.59. The Morgan fingerprint density at radius 1 is 0.778 bits per heavy atom. The molecule has 0 spiro atoms. The van der Waals surface area contributed by atoms with Crippen molar-refractivity contribution in [2.24, 2.45) is 0 Å². The summed E-state index contributed by atoms with van der Waals surface area (Å²) < 4.78 is 5.36. The third kappa shape index (κ3) is 14.9. The first-order valence-electron chi connectivity index (χ1n) is 11.9. The zero-order valence-corrected chi connectivity index (χ0v) is 18.2. The van der Waals surface area contributed by atoms with Gasteiger partial charge in [-0.05, 0) is 32.6 Å². The minimum atomic E-state index is -0.529. The number of nitrogens with zero attached hydrogens (tertiary/aromatic N) is 1. The van der Waals surface area contributed by atoms with Crippen LogP contribution in [0.3, 0.4) is 0 Å². The van der Waals surface area contributed by atoms with Crippen molar-refractivity contribution in [1.82, 2.24) is 5.06 Å². The fourth-order valence-corrected chi connectivity index (χ4v) is 3.76. The lowest BCUT2D eigenvalue weighted by molar-refractivity contribution is -0.142. The van der Waals surface area contributed by atoms with E-state index in [1.165, 1.54) is 83.5 Å². The lowest BCUT2D eigenvalue weighted by atomic mass is 10.0. The Labute approximate surface area is 168 Å². The van der Waals surface area contributed by atoms with Gasteiger partial charge in [0.2, 0.25) is 0 Å². The number of carbonyl (C=O) groups excluding carboxylic acids is 1. The molecule has 1 saturated heterocycles. The maximum Gasteiger partial charge on any atom is 0.528 e. The Balaban J connectivity index is 1.82. The molecule has 0 N–H and O–H groups in total. The normalized spacial score (nSPS) is 16.2. The molecule has 1 fully saturated rings. The van der Waals surface area contributed by atoms with Crippen LogP contribution in [0.2, 0.25) is 0 Å². The van der Waals surface area contributed by atoms with Crippen LogP contribution in [0.4, 0.5) is 4.79 Å². The molecule has 0 aromatic heterocycles. The maximum absolute atomic E-state index is 11.8. The third-order valence-corrected chi connectivity index (χ3v) is 5.53. The summed E-state index contributed by atoms with van der Waals surface area (Å²) in [5, 5.41) is 1.74. The van der Waals surface area contributed by atoms with Gasteiger partial charge in [0.05, 0.1) is 0 Å². The number of rotatable bonds is 16. The van der Waals surface area contributed by atoms with Crippen LogP contribution < -0.4 is 0 Å². The molecule has 0 saturated carbocycles. The molecule has 0 radical (unpaired) electrons. The molecule has 1 rings (SSSR count). The van der Waals surface area contributed by atoms with Crippen molar-refractivity contribution >= 4 is 6.16 Å². The molecule has 1 heterocycles. The van der Waals surface area contributed by atoms with Crippen LogP contribution in [0, 0.1) is 0 Å². The summed E-state index contributed by atoms with van der Waals surface area (Å²) in [7, 11) is 0. The highest BCUT2D eigenvalue weighted by atomic mass is 16.8. The van der Waals surface area contributed by atoms with Gasteiger partial charge in [-0.2, -0.15) is 0 Å². The number of hydroxylamine groups is 2. The molecule has 0 aromatic carbocycles. The van der Waals surface area contributed by atoms with Crippen molar-refractivity contribution in [3.63, 3.8) is 0 Å². The van der Waals surface area contributed by atoms with Gasteiger partial charge in [-0.3, -0.25) is 0 Å². The quantitative estimate of drug-likeness (QED) is 0.205. The summed E-state index contributed by atoms with van der Waals surface area (Å²) in [6.07, 6.45) is 21.5. The lowest BCUT2D eigenvalue weighted by Crippen LogP contribution is -2.33. The molecule has 0 aromatic rings. The average molecular weight is 384 g/mol. The molecule has 0 amide bonds. The number of unbranched alkanes of at least 4 members (excludes halogenated alkanes) is 12. The molecular formula is C23H45NO3. The summed E-state index contributed by atoms with van der Waals surface area (Å²) in [4.78, 5) is 17.0. The number of hydrogen-bond acceptors (Lipinski definition) is 4. The number of ether oxygens (including phenoxy) is 1. The average Bonchev–Trinajstić information content (AvgIpc) is 2.66. The molecule has 4 heteroatoms. The molecule has 4 nitrogen and oxygen atoms in total. The van der Waals surface area contributed by atoms with Gasteiger partial charge in [-0.15, -0.1) is 5.06 Å². The van der Waals surface area contributed by atoms with Gasteiger partial charge in [0.1, 0.15) is 6.10 Å². The van der Waals surface area contributed by atoms with Crippen LogP contribution in [0.5, 0.6) is 0 Å². The fraction of sp³-hybridized carbons (Fsp3) is 0.957. The van der Waals surface area contributed by atoms with Crippen LogP contribution in [0.1, 0.15) is 123 Å². The minimum absolute atomic E-state index is 0.0463. The maximum atomic E-state index is 11.8. The van der Waals surface area contributed by atoms with Crippen molar-refractivity contribution in [3.8, 4) is 0 Å². The largest absolute Gasteiger partial charge is 0.528 e. The van der Waals surface area contributed by atoms with E-state index < -0.39 is 6.16 Å². The Bertz CT molecular complexity index is 343. The third-order valence-electron chi connectivity index (χ3n) is 5.53. The predicted octanol–water partition coefficient (Wildman–Crippen LogP) is 7.41. The highest BCUT2D eigenvalue weighted by Gasteiger charge is 2.17. The van der Waals surface area contributed by atoms with Crippen molar-refractivity contribution in [1.29, 1.82) is 0 Å². The Morgan fingerprint density at radius 2 is 1.26 bits per heavy atom. The van der Waals surface area contributed by atoms with E-state index >= 15 is 0 Å². The first-order chi connectivity index (χ1) is 13.2. The summed E-state index contributed by atoms with van der Waals surface area (Å²) in [6.45, 7) is 5.92. The number of carbonyl (C=O) groups is 1. The van der Waals surface area contributed by atoms with E-state index in [2.05, 4.69) is 6.92 Å². The molecule has 1 atom stereocenters. The van der Waals surface area contributed by atoms with Gasteiger partial charge in [-0.25, -0.2) is 4.79 Å². The zero-order chi connectivity index (χ0) is 19.6. The molecule has 27 heavy (non-hydrogen) atoms. The van der Waals surface area contributed by atoms with Crippen molar-refractivity contribution < 1.29 is 14.4 Å². The molecule has 0 bridgehead atoms. The SMILES string of the molecule is CCCCCCCCCCCCCCCC(C)OC(=O)ON1CCCCC1. The molecule has 160 valence electrons. The van der Waals surface area contributed by atoms with Crippen LogP contribution in [0.15, 0.2) is 0 Å². The summed E-state index contributed by atoms with van der Waals surface area (Å²) >= 11 is 0. The second-order valence-corrected chi connectivity index (χ2v) is 8.29. The summed E-state index contributed by atoms with van der Waals surface area (Å²) in [5.41, 5.74) is 0. The van der Waals surface area contributed by atoms with E-state index in [1.807, 2.05) is 6.92 Å².